The minimum atomic E-state index is -0.174. The molecule has 0 saturated heterocycles. The molecule has 4 aromatic rings. The van der Waals surface area contributed by atoms with Gasteiger partial charge in [-0.25, -0.2) is 0 Å². The molecule has 0 radical (unpaired) electrons. The Balaban J connectivity index is 2.47. The van der Waals surface area contributed by atoms with Crippen molar-refractivity contribution >= 4 is 27.5 Å². The van der Waals surface area contributed by atoms with Gasteiger partial charge in [0.1, 0.15) is 17.3 Å². The van der Waals surface area contributed by atoms with Gasteiger partial charge >= 0.3 is 0 Å². The van der Waals surface area contributed by atoms with E-state index >= 15 is 0 Å². The van der Waals surface area contributed by atoms with Crippen LogP contribution in [0.3, 0.4) is 0 Å². The van der Waals surface area contributed by atoms with Crippen LogP contribution >= 0.6 is 0 Å². The molecule has 0 amide bonds. The fraction of sp³-hybridized carbons (Fsp3) is 0. The second kappa shape index (κ2) is 3.72. The Kier molecular flexibility index (Phi) is 2.01. The lowest BCUT2D eigenvalue weighted by Crippen LogP contribution is -2.09. The maximum Gasteiger partial charge on any atom is 0.258 e. The first-order valence-electron chi connectivity index (χ1n) is 6.25. The third-order valence-corrected chi connectivity index (χ3v) is 3.61. The summed E-state index contributed by atoms with van der Waals surface area (Å²) < 4.78 is 1.94. The lowest BCUT2D eigenvalue weighted by atomic mass is 10.2. The first-order chi connectivity index (χ1) is 9.81. The van der Waals surface area contributed by atoms with Crippen LogP contribution in [0.5, 0.6) is 0 Å². The smallest absolute Gasteiger partial charge is 0.258 e. The van der Waals surface area contributed by atoms with Gasteiger partial charge in [0.15, 0.2) is 0 Å². The van der Waals surface area contributed by atoms with Crippen LogP contribution in [-0.2, 0) is 0 Å². The Morgan fingerprint density at radius 2 is 1.55 bits per heavy atom. The first-order valence-corrected chi connectivity index (χ1v) is 6.25. The van der Waals surface area contributed by atoms with Gasteiger partial charge < -0.3 is 4.98 Å². The summed E-state index contributed by atoms with van der Waals surface area (Å²) in [7, 11) is 0. The van der Waals surface area contributed by atoms with E-state index in [1.807, 2.05) is 46.9 Å². The number of H-pyrrole nitrogens is 1. The van der Waals surface area contributed by atoms with Crippen molar-refractivity contribution in [1.29, 1.82) is 5.26 Å². The summed E-state index contributed by atoms with van der Waals surface area (Å²) >= 11 is 0. The maximum atomic E-state index is 12.2. The fourth-order valence-corrected chi connectivity index (χ4v) is 2.76. The van der Waals surface area contributed by atoms with Gasteiger partial charge in [-0.3, -0.25) is 9.20 Å². The quantitative estimate of drug-likeness (QED) is 0.528. The number of rotatable bonds is 0. The van der Waals surface area contributed by atoms with Crippen molar-refractivity contribution < 1.29 is 0 Å². The molecule has 4 nitrogen and oxygen atoms in total. The molecule has 4 heteroatoms. The third kappa shape index (κ3) is 1.21. The highest BCUT2D eigenvalue weighted by atomic mass is 16.1. The number of aromatic amines is 1. The van der Waals surface area contributed by atoms with E-state index in [9.17, 15) is 10.1 Å². The van der Waals surface area contributed by atoms with Crippen molar-refractivity contribution in [1.82, 2.24) is 9.38 Å². The molecule has 0 atom stereocenters. The average molecular weight is 259 g/mol. The summed E-state index contributed by atoms with van der Waals surface area (Å²) in [6.45, 7) is 0. The minimum Gasteiger partial charge on any atom is -0.306 e. The van der Waals surface area contributed by atoms with Crippen LogP contribution in [0.15, 0.2) is 53.3 Å². The number of benzene rings is 2. The van der Waals surface area contributed by atoms with Crippen molar-refractivity contribution in [3.63, 3.8) is 0 Å². The zero-order valence-corrected chi connectivity index (χ0v) is 10.4. The molecule has 0 unspecified atom stereocenters. The molecular weight excluding hydrogens is 250 g/mol. The number of fused-ring (bicyclic) bond motifs is 5. The van der Waals surface area contributed by atoms with Gasteiger partial charge in [0.2, 0.25) is 0 Å². The van der Waals surface area contributed by atoms with Gasteiger partial charge in [0.25, 0.3) is 5.56 Å². The van der Waals surface area contributed by atoms with E-state index in [1.165, 1.54) is 0 Å². The number of aromatic nitrogens is 2. The molecule has 0 fully saturated rings. The van der Waals surface area contributed by atoms with E-state index in [0.717, 1.165) is 16.4 Å². The number of hydrogen-bond donors (Lipinski definition) is 1. The van der Waals surface area contributed by atoms with E-state index in [1.54, 1.807) is 6.07 Å². The Bertz CT molecular complexity index is 1080. The molecule has 0 aliphatic carbocycles. The Morgan fingerprint density at radius 3 is 2.25 bits per heavy atom. The monoisotopic (exact) mass is 259 g/mol. The highest BCUT2D eigenvalue weighted by molar-refractivity contribution is 5.98. The van der Waals surface area contributed by atoms with Crippen molar-refractivity contribution in [2.75, 3.05) is 0 Å². The predicted molar refractivity (Wildman–Crippen MR) is 77.7 cm³/mol. The van der Waals surface area contributed by atoms with Crippen LogP contribution in [0.4, 0.5) is 0 Å². The average Bonchev–Trinajstić information content (AvgIpc) is 2.81. The molecule has 94 valence electrons. The zero-order chi connectivity index (χ0) is 13.7. The van der Waals surface area contributed by atoms with Crippen LogP contribution in [0.1, 0.15) is 5.56 Å². The second-order valence-corrected chi connectivity index (χ2v) is 4.66. The summed E-state index contributed by atoms with van der Waals surface area (Å²) in [5.41, 5.74) is 2.61. The SMILES string of the molecule is N#Cc1c2ccccc2n2c1[nH]c(=O)c1ccccc12. The molecule has 20 heavy (non-hydrogen) atoms. The summed E-state index contributed by atoms with van der Waals surface area (Å²) in [6.07, 6.45) is 0. The largest absolute Gasteiger partial charge is 0.306 e. The molecule has 2 aromatic carbocycles. The highest BCUT2D eigenvalue weighted by Crippen LogP contribution is 2.26. The molecule has 2 aromatic heterocycles. The summed E-state index contributed by atoms with van der Waals surface area (Å²) in [5.74, 6) is 0. The second-order valence-electron chi connectivity index (χ2n) is 4.66. The molecule has 0 saturated carbocycles. The van der Waals surface area contributed by atoms with Crippen LogP contribution in [-0.4, -0.2) is 9.38 Å². The molecule has 0 bridgehead atoms. The Morgan fingerprint density at radius 1 is 0.950 bits per heavy atom. The number of nitrogens with one attached hydrogen (secondary N) is 1. The molecular formula is C16H9N3O. The summed E-state index contributed by atoms with van der Waals surface area (Å²) in [6, 6.07) is 17.3. The number of nitriles is 1. The van der Waals surface area contributed by atoms with E-state index in [2.05, 4.69) is 11.1 Å². The maximum absolute atomic E-state index is 12.2. The molecule has 0 spiro atoms. The van der Waals surface area contributed by atoms with Crippen LogP contribution in [0, 0.1) is 11.3 Å². The minimum absolute atomic E-state index is 0.174. The number of para-hydroxylation sites is 2. The molecule has 4 rings (SSSR count). The van der Waals surface area contributed by atoms with Crippen molar-refractivity contribution in [3.8, 4) is 6.07 Å². The lowest BCUT2D eigenvalue weighted by molar-refractivity contribution is 1.19. The van der Waals surface area contributed by atoms with Gasteiger partial charge in [-0.15, -0.1) is 0 Å². The molecule has 0 aliphatic heterocycles. The molecule has 0 aliphatic rings. The first kappa shape index (κ1) is 10.8. The fourth-order valence-electron chi connectivity index (χ4n) is 2.76. The summed E-state index contributed by atoms with van der Waals surface area (Å²) in [4.78, 5) is 15.0. The van der Waals surface area contributed by atoms with Crippen LogP contribution < -0.4 is 5.56 Å². The lowest BCUT2D eigenvalue weighted by Gasteiger charge is -2.03. The normalized spacial score (nSPS) is 11.2. The molecule has 1 N–H and O–H groups in total. The van der Waals surface area contributed by atoms with Crippen molar-refractivity contribution in [2.24, 2.45) is 0 Å². The Hall–Kier alpha value is -3.06. The van der Waals surface area contributed by atoms with E-state index in [-0.39, 0.29) is 5.56 Å². The molecule has 2 heterocycles. The van der Waals surface area contributed by atoms with E-state index in [0.29, 0.717) is 16.6 Å². The summed E-state index contributed by atoms with van der Waals surface area (Å²) in [5, 5.41) is 10.9. The van der Waals surface area contributed by atoms with Crippen LogP contribution in [0.25, 0.3) is 27.5 Å². The highest BCUT2D eigenvalue weighted by Gasteiger charge is 2.14. The standard InChI is InChI=1S/C16H9N3O/c17-9-12-10-5-1-3-7-13(10)19-14-8-4-2-6-11(14)16(20)18-15(12)19/h1-8H,(H,18,20). The van der Waals surface area contributed by atoms with E-state index in [4.69, 9.17) is 0 Å². The van der Waals surface area contributed by atoms with Gasteiger partial charge in [0, 0.05) is 5.39 Å². The number of nitrogens with zero attached hydrogens (tertiary/aromatic N) is 2. The predicted octanol–water partition coefficient (Wildman–Crippen LogP) is 2.81. The number of hydrogen-bond acceptors (Lipinski definition) is 2. The van der Waals surface area contributed by atoms with Gasteiger partial charge in [-0.2, -0.15) is 5.26 Å². The van der Waals surface area contributed by atoms with Crippen LogP contribution in [0.2, 0.25) is 0 Å². The van der Waals surface area contributed by atoms with Gasteiger partial charge in [0.05, 0.1) is 16.4 Å². The van der Waals surface area contributed by atoms with Gasteiger partial charge in [-0.05, 0) is 18.2 Å². The van der Waals surface area contributed by atoms with Crippen molar-refractivity contribution in [2.45, 2.75) is 0 Å². The zero-order valence-electron chi connectivity index (χ0n) is 10.4. The van der Waals surface area contributed by atoms with Crippen molar-refractivity contribution in [3.05, 3.63) is 64.4 Å². The van der Waals surface area contributed by atoms with E-state index < -0.39 is 0 Å². The van der Waals surface area contributed by atoms with Gasteiger partial charge in [-0.1, -0.05) is 30.3 Å². The third-order valence-electron chi connectivity index (χ3n) is 3.61. The topological polar surface area (TPSA) is 61.1 Å². The Labute approximate surface area is 113 Å².